The van der Waals surface area contributed by atoms with Gasteiger partial charge in [0.15, 0.2) is 0 Å². The second kappa shape index (κ2) is 9.32. The molecule has 0 saturated heterocycles. The lowest BCUT2D eigenvalue weighted by Gasteiger charge is -2.18. The Morgan fingerprint density at radius 3 is 2.56 bits per heavy atom. The number of benzene rings is 1. The summed E-state index contributed by atoms with van der Waals surface area (Å²) in [6.45, 7) is 6.74. The Balaban J connectivity index is 2.02. The number of amides is 1. The van der Waals surface area contributed by atoms with Crippen LogP contribution in [0, 0.1) is 12.8 Å². The fourth-order valence-electron chi connectivity index (χ4n) is 2.55. The molecule has 0 aliphatic heterocycles. The largest absolute Gasteiger partial charge is 0.344 e. The third kappa shape index (κ3) is 5.67. The lowest BCUT2D eigenvalue weighted by atomic mass is 10.0. The number of aryl methyl sites for hydroxylation is 1. The Labute approximate surface area is 149 Å². The number of hydrogen-bond acceptors (Lipinski definition) is 5. The minimum Gasteiger partial charge on any atom is -0.344 e. The summed E-state index contributed by atoms with van der Waals surface area (Å²) in [5, 5.41) is 7.08. The van der Waals surface area contributed by atoms with Gasteiger partial charge in [-0.05, 0) is 32.2 Å². The highest BCUT2D eigenvalue weighted by Crippen LogP contribution is 2.24. The van der Waals surface area contributed by atoms with Gasteiger partial charge in [-0.2, -0.15) is 4.98 Å². The topological polar surface area (TPSA) is 94.0 Å². The molecule has 6 heteroatoms. The molecule has 1 aromatic heterocycles. The van der Waals surface area contributed by atoms with Crippen LogP contribution in [0.5, 0.6) is 0 Å². The first-order valence-corrected chi connectivity index (χ1v) is 8.91. The first kappa shape index (κ1) is 19.1. The maximum atomic E-state index is 12.2. The molecule has 2 rings (SSSR count). The van der Waals surface area contributed by atoms with E-state index in [4.69, 9.17) is 10.3 Å². The molecule has 0 bridgehead atoms. The molecule has 0 spiro atoms. The van der Waals surface area contributed by atoms with Crippen LogP contribution in [0.2, 0.25) is 0 Å². The SMILES string of the molecule is Cc1ccc(-c2noc(C(NC(=O)CCCCCN)C(C)C)n2)cc1. The summed E-state index contributed by atoms with van der Waals surface area (Å²) >= 11 is 0. The van der Waals surface area contributed by atoms with Crippen molar-refractivity contribution >= 4 is 5.91 Å². The van der Waals surface area contributed by atoms with Gasteiger partial charge in [-0.3, -0.25) is 4.79 Å². The van der Waals surface area contributed by atoms with Crippen molar-refractivity contribution in [3.63, 3.8) is 0 Å². The summed E-state index contributed by atoms with van der Waals surface area (Å²) in [7, 11) is 0. The number of carbonyl (C=O) groups excluding carboxylic acids is 1. The molecule has 1 amide bonds. The number of unbranched alkanes of at least 4 members (excludes halogenated alkanes) is 2. The average molecular weight is 344 g/mol. The normalized spacial score (nSPS) is 12.4. The van der Waals surface area contributed by atoms with Crippen LogP contribution in [0.4, 0.5) is 0 Å². The van der Waals surface area contributed by atoms with E-state index in [-0.39, 0.29) is 17.9 Å². The van der Waals surface area contributed by atoms with Crippen LogP contribution in [0.15, 0.2) is 28.8 Å². The van der Waals surface area contributed by atoms with Gasteiger partial charge in [0.25, 0.3) is 0 Å². The van der Waals surface area contributed by atoms with Crippen molar-refractivity contribution in [3.8, 4) is 11.4 Å². The summed E-state index contributed by atoms with van der Waals surface area (Å²) < 4.78 is 5.42. The Bertz CT molecular complexity index is 664. The van der Waals surface area contributed by atoms with Crippen LogP contribution >= 0.6 is 0 Å². The van der Waals surface area contributed by atoms with Gasteiger partial charge in [0, 0.05) is 12.0 Å². The number of hydrogen-bond donors (Lipinski definition) is 2. The molecule has 136 valence electrons. The summed E-state index contributed by atoms with van der Waals surface area (Å²) in [4.78, 5) is 16.7. The van der Waals surface area contributed by atoms with Crippen molar-refractivity contribution in [2.75, 3.05) is 6.54 Å². The third-order valence-electron chi connectivity index (χ3n) is 4.11. The van der Waals surface area contributed by atoms with Crippen LogP contribution in [-0.2, 0) is 4.79 Å². The molecule has 0 saturated carbocycles. The van der Waals surface area contributed by atoms with E-state index in [1.54, 1.807) is 0 Å². The Morgan fingerprint density at radius 2 is 1.92 bits per heavy atom. The maximum Gasteiger partial charge on any atom is 0.249 e. The van der Waals surface area contributed by atoms with Gasteiger partial charge in [0.05, 0.1) is 0 Å². The number of aromatic nitrogens is 2. The van der Waals surface area contributed by atoms with Crippen LogP contribution in [0.25, 0.3) is 11.4 Å². The van der Waals surface area contributed by atoms with E-state index in [0.29, 0.717) is 24.7 Å². The van der Waals surface area contributed by atoms with E-state index >= 15 is 0 Å². The molecule has 3 N–H and O–H groups in total. The van der Waals surface area contributed by atoms with Crippen LogP contribution < -0.4 is 11.1 Å². The molecular weight excluding hydrogens is 316 g/mol. The highest BCUT2D eigenvalue weighted by molar-refractivity contribution is 5.76. The standard InChI is InChI=1S/C19H28N4O2/c1-13(2)17(21-16(24)7-5-4-6-12-20)19-22-18(23-25-19)15-10-8-14(3)9-11-15/h8-11,13,17H,4-7,12,20H2,1-3H3,(H,21,24). The molecule has 0 aliphatic rings. The summed E-state index contributed by atoms with van der Waals surface area (Å²) in [5.74, 6) is 1.14. The predicted molar refractivity (Wildman–Crippen MR) is 97.7 cm³/mol. The highest BCUT2D eigenvalue weighted by Gasteiger charge is 2.24. The lowest BCUT2D eigenvalue weighted by molar-refractivity contribution is -0.122. The molecule has 1 heterocycles. The zero-order chi connectivity index (χ0) is 18.2. The molecule has 0 aliphatic carbocycles. The van der Waals surface area contributed by atoms with Crippen LogP contribution in [-0.4, -0.2) is 22.6 Å². The van der Waals surface area contributed by atoms with Gasteiger partial charge in [-0.15, -0.1) is 0 Å². The number of carbonyl (C=O) groups is 1. The van der Waals surface area contributed by atoms with Crippen molar-refractivity contribution in [2.24, 2.45) is 11.7 Å². The fraction of sp³-hybridized carbons (Fsp3) is 0.526. The van der Waals surface area contributed by atoms with Gasteiger partial charge < -0.3 is 15.6 Å². The number of nitrogens with one attached hydrogen (secondary N) is 1. The van der Waals surface area contributed by atoms with E-state index in [1.165, 1.54) is 5.56 Å². The van der Waals surface area contributed by atoms with Crippen LogP contribution in [0.3, 0.4) is 0 Å². The van der Waals surface area contributed by atoms with Gasteiger partial charge >= 0.3 is 0 Å². The van der Waals surface area contributed by atoms with E-state index < -0.39 is 0 Å². The van der Waals surface area contributed by atoms with Crippen molar-refractivity contribution in [2.45, 2.75) is 52.5 Å². The van der Waals surface area contributed by atoms with E-state index in [1.807, 2.05) is 45.0 Å². The first-order valence-electron chi connectivity index (χ1n) is 8.91. The van der Waals surface area contributed by atoms with Crippen molar-refractivity contribution in [3.05, 3.63) is 35.7 Å². The molecular formula is C19H28N4O2. The summed E-state index contributed by atoms with van der Waals surface area (Å²) in [6, 6.07) is 7.66. The van der Waals surface area contributed by atoms with Gasteiger partial charge in [0.2, 0.25) is 17.6 Å². The highest BCUT2D eigenvalue weighted by atomic mass is 16.5. The predicted octanol–water partition coefficient (Wildman–Crippen LogP) is 3.38. The minimum absolute atomic E-state index is 0.00538. The second-order valence-electron chi connectivity index (χ2n) is 6.71. The summed E-state index contributed by atoms with van der Waals surface area (Å²) in [5.41, 5.74) is 7.55. The lowest BCUT2D eigenvalue weighted by Crippen LogP contribution is -2.31. The zero-order valence-electron chi connectivity index (χ0n) is 15.3. The molecule has 1 atom stereocenters. The van der Waals surface area contributed by atoms with Crippen LogP contribution in [0.1, 0.15) is 57.0 Å². The van der Waals surface area contributed by atoms with E-state index in [2.05, 4.69) is 15.5 Å². The first-order chi connectivity index (χ1) is 12.0. The molecule has 0 fully saturated rings. The quantitative estimate of drug-likeness (QED) is 0.680. The Morgan fingerprint density at radius 1 is 1.20 bits per heavy atom. The molecule has 2 aromatic rings. The zero-order valence-corrected chi connectivity index (χ0v) is 15.3. The second-order valence-corrected chi connectivity index (χ2v) is 6.71. The molecule has 25 heavy (non-hydrogen) atoms. The van der Waals surface area contributed by atoms with Gasteiger partial charge in [0.1, 0.15) is 6.04 Å². The molecule has 1 unspecified atom stereocenters. The smallest absolute Gasteiger partial charge is 0.249 e. The van der Waals surface area contributed by atoms with Crippen molar-refractivity contribution in [1.29, 1.82) is 0 Å². The monoisotopic (exact) mass is 344 g/mol. The Hall–Kier alpha value is -2.21. The molecule has 6 nitrogen and oxygen atoms in total. The summed E-state index contributed by atoms with van der Waals surface area (Å²) in [6.07, 6.45) is 3.24. The minimum atomic E-state index is -0.284. The fourth-order valence-corrected chi connectivity index (χ4v) is 2.55. The molecule has 1 aromatic carbocycles. The average Bonchev–Trinajstić information content (AvgIpc) is 3.06. The van der Waals surface area contributed by atoms with Gasteiger partial charge in [-0.1, -0.05) is 55.3 Å². The van der Waals surface area contributed by atoms with E-state index in [9.17, 15) is 4.79 Å². The number of rotatable bonds is 9. The third-order valence-corrected chi connectivity index (χ3v) is 4.11. The van der Waals surface area contributed by atoms with Crippen molar-refractivity contribution in [1.82, 2.24) is 15.5 Å². The number of nitrogens with two attached hydrogens (primary N) is 1. The number of nitrogens with zero attached hydrogens (tertiary/aromatic N) is 2. The van der Waals surface area contributed by atoms with Gasteiger partial charge in [-0.25, -0.2) is 0 Å². The molecule has 0 radical (unpaired) electrons. The van der Waals surface area contributed by atoms with E-state index in [0.717, 1.165) is 24.8 Å². The maximum absolute atomic E-state index is 12.2. The van der Waals surface area contributed by atoms with Crippen molar-refractivity contribution < 1.29 is 9.32 Å². The Kier molecular flexibility index (Phi) is 7.13.